The molecule has 0 atom stereocenters. The first-order valence-electron chi connectivity index (χ1n) is 6.82. The number of hydrogen-bond donors (Lipinski definition) is 2. The van der Waals surface area contributed by atoms with Crippen LogP contribution in [0.5, 0.6) is 0 Å². The smallest absolute Gasteiger partial charge is 0.328 e. The van der Waals surface area contributed by atoms with Crippen molar-refractivity contribution in [2.24, 2.45) is 0 Å². The highest BCUT2D eigenvalue weighted by molar-refractivity contribution is 6.31. The summed E-state index contributed by atoms with van der Waals surface area (Å²) in [6, 6.07) is 8.14. The number of nitrogens with zero attached hydrogens (tertiary/aromatic N) is 2. The van der Waals surface area contributed by atoms with Crippen molar-refractivity contribution in [3.8, 4) is 0 Å². The summed E-state index contributed by atoms with van der Waals surface area (Å²) >= 11 is 5.99. The molecular weight excluding hydrogens is 320 g/mol. The monoisotopic (exact) mass is 338 g/mol. The lowest BCUT2D eigenvalue weighted by Crippen LogP contribution is -2.17. The van der Waals surface area contributed by atoms with Crippen molar-refractivity contribution in [1.29, 1.82) is 0 Å². The summed E-state index contributed by atoms with van der Waals surface area (Å²) in [6.07, 6.45) is 3.23. The van der Waals surface area contributed by atoms with Crippen LogP contribution in [-0.4, -0.2) is 52.3 Å². The largest absolute Gasteiger partial charge is 0.478 e. The second kappa shape index (κ2) is 8.97. The lowest BCUT2D eigenvalue weighted by Gasteiger charge is -2.11. The van der Waals surface area contributed by atoms with Crippen LogP contribution >= 0.6 is 11.6 Å². The van der Waals surface area contributed by atoms with Gasteiger partial charge in [0.1, 0.15) is 0 Å². The Labute approximate surface area is 139 Å². The van der Waals surface area contributed by atoms with E-state index in [0.717, 1.165) is 18.1 Å². The molecule has 0 aliphatic heterocycles. The molecule has 0 fully saturated rings. The van der Waals surface area contributed by atoms with E-state index in [4.69, 9.17) is 21.8 Å². The molecule has 6 nitrogen and oxygen atoms in total. The highest BCUT2D eigenvalue weighted by Gasteiger charge is 2.01. The molecule has 1 aromatic carbocycles. The minimum Gasteiger partial charge on any atom is -0.478 e. The minimum absolute atomic E-state index is 0.558. The minimum atomic E-state index is -1.26. The second-order valence-corrected chi connectivity index (χ2v) is 5.46. The number of rotatable bonds is 5. The van der Waals surface area contributed by atoms with Gasteiger partial charge in [0.05, 0.1) is 0 Å². The van der Waals surface area contributed by atoms with Crippen LogP contribution < -0.4 is 0 Å². The number of carbonyl (C=O) groups is 2. The molecule has 0 bridgehead atoms. The first kappa shape index (κ1) is 18.7. The Kier molecular flexibility index (Phi) is 7.31. The first-order valence-corrected chi connectivity index (χ1v) is 7.20. The van der Waals surface area contributed by atoms with Gasteiger partial charge in [-0.3, -0.25) is 0 Å². The van der Waals surface area contributed by atoms with Crippen LogP contribution in [0, 0.1) is 0 Å². The van der Waals surface area contributed by atoms with Gasteiger partial charge in [-0.15, -0.1) is 0 Å². The normalized spacial score (nSPS) is 10.8. The highest BCUT2D eigenvalue weighted by Crippen LogP contribution is 2.20. The summed E-state index contributed by atoms with van der Waals surface area (Å²) in [5.41, 5.74) is 1.21. The zero-order valence-corrected chi connectivity index (χ0v) is 13.7. The zero-order valence-electron chi connectivity index (χ0n) is 12.9. The van der Waals surface area contributed by atoms with Crippen LogP contribution in [0.1, 0.15) is 0 Å². The molecule has 1 aromatic heterocycles. The second-order valence-electron chi connectivity index (χ2n) is 5.03. The Hall–Kier alpha value is -2.31. The van der Waals surface area contributed by atoms with Gasteiger partial charge >= 0.3 is 11.9 Å². The topological polar surface area (TPSA) is 82.8 Å². The average Bonchev–Trinajstić information content (AvgIpc) is 2.86. The molecule has 2 aromatic rings. The molecule has 0 aliphatic rings. The summed E-state index contributed by atoms with van der Waals surface area (Å²) in [5, 5.41) is 17.7. The maximum atomic E-state index is 9.55. The third-order valence-corrected chi connectivity index (χ3v) is 3.13. The van der Waals surface area contributed by atoms with Crippen molar-refractivity contribution in [2.45, 2.75) is 6.54 Å². The Morgan fingerprint density at radius 1 is 1.17 bits per heavy atom. The molecule has 2 rings (SSSR count). The van der Waals surface area contributed by atoms with Gasteiger partial charge < -0.3 is 19.7 Å². The van der Waals surface area contributed by atoms with E-state index in [1.54, 1.807) is 0 Å². The number of hydrogen-bond acceptors (Lipinski definition) is 3. The number of aromatic nitrogens is 1. The molecule has 2 N–H and O–H groups in total. The molecule has 23 heavy (non-hydrogen) atoms. The van der Waals surface area contributed by atoms with E-state index in [1.165, 1.54) is 10.9 Å². The lowest BCUT2D eigenvalue weighted by molar-refractivity contribution is -0.134. The molecule has 1 heterocycles. The van der Waals surface area contributed by atoms with Gasteiger partial charge in [0.2, 0.25) is 0 Å². The van der Waals surface area contributed by atoms with Crippen LogP contribution in [0.4, 0.5) is 0 Å². The fourth-order valence-corrected chi connectivity index (χ4v) is 1.97. The zero-order chi connectivity index (χ0) is 17.4. The highest BCUT2D eigenvalue weighted by atomic mass is 35.5. The van der Waals surface area contributed by atoms with Gasteiger partial charge in [-0.05, 0) is 37.7 Å². The van der Waals surface area contributed by atoms with E-state index in [2.05, 4.69) is 41.9 Å². The van der Waals surface area contributed by atoms with Crippen LogP contribution in [0.2, 0.25) is 5.02 Å². The van der Waals surface area contributed by atoms with E-state index in [-0.39, 0.29) is 0 Å². The van der Waals surface area contributed by atoms with E-state index in [9.17, 15) is 9.59 Å². The number of carboxylic acid groups (broad SMARTS) is 2. The van der Waals surface area contributed by atoms with E-state index in [1.807, 2.05) is 12.1 Å². The maximum absolute atomic E-state index is 9.55. The average molecular weight is 339 g/mol. The Bertz CT molecular complexity index is 691. The van der Waals surface area contributed by atoms with Gasteiger partial charge in [0.25, 0.3) is 0 Å². The van der Waals surface area contributed by atoms with Gasteiger partial charge in [-0.1, -0.05) is 17.7 Å². The van der Waals surface area contributed by atoms with Crippen molar-refractivity contribution in [2.75, 3.05) is 20.6 Å². The molecule has 124 valence electrons. The lowest BCUT2D eigenvalue weighted by atomic mass is 10.2. The summed E-state index contributed by atoms with van der Waals surface area (Å²) < 4.78 is 2.24. The van der Waals surface area contributed by atoms with Crippen LogP contribution in [-0.2, 0) is 16.1 Å². The van der Waals surface area contributed by atoms with Crippen molar-refractivity contribution < 1.29 is 19.8 Å². The molecule has 0 amide bonds. The summed E-state index contributed by atoms with van der Waals surface area (Å²) in [6.45, 7) is 2.03. The molecule has 0 radical (unpaired) electrons. The van der Waals surface area contributed by atoms with Gasteiger partial charge in [-0.2, -0.15) is 0 Å². The van der Waals surface area contributed by atoms with E-state index >= 15 is 0 Å². The standard InChI is InChI=1S/C12H15ClN2.C4H4O4/c1-14(2)7-8-15-6-5-10-3-4-11(13)9-12(10)15;5-3(6)1-2-4(7)8/h3-6,9H,7-8H2,1-2H3;1-2H,(H,5,6)(H,7,8)/b;2-1+. The van der Waals surface area contributed by atoms with E-state index in [0.29, 0.717) is 12.2 Å². The molecule has 0 aliphatic carbocycles. The van der Waals surface area contributed by atoms with Crippen molar-refractivity contribution in [3.63, 3.8) is 0 Å². The number of halogens is 1. The van der Waals surface area contributed by atoms with Crippen molar-refractivity contribution in [3.05, 3.63) is 47.6 Å². The Morgan fingerprint density at radius 2 is 1.78 bits per heavy atom. The summed E-state index contributed by atoms with van der Waals surface area (Å²) in [4.78, 5) is 21.3. The first-order chi connectivity index (χ1) is 10.8. The van der Waals surface area contributed by atoms with Crippen molar-refractivity contribution >= 4 is 34.4 Å². The fraction of sp³-hybridized carbons (Fsp3) is 0.250. The van der Waals surface area contributed by atoms with E-state index < -0.39 is 11.9 Å². The number of benzene rings is 1. The fourth-order valence-electron chi connectivity index (χ4n) is 1.80. The van der Waals surface area contributed by atoms with Gasteiger partial charge in [-0.25, -0.2) is 9.59 Å². The van der Waals surface area contributed by atoms with Gasteiger partial charge in [0.15, 0.2) is 0 Å². The molecule has 0 saturated heterocycles. The number of aliphatic carboxylic acids is 2. The molecule has 7 heteroatoms. The van der Waals surface area contributed by atoms with Crippen LogP contribution in [0.3, 0.4) is 0 Å². The predicted molar refractivity (Wildman–Crippen MR) is 89.9 cm³/mol. The molecule has 0 saturated carbocycles. The SMILES string of the molecule is CN(C)CCn1ccc2ccc(Cl)cc21.O=C(O)/C=C/C(=O)O. The Morgan fingerprint density at radius 3 is 2.30 bits per heavy atom. The predicted octanol–water partition coefficient (Wildman–Crippen LogP) is 2.57. The third kappa shape index (κ3) is 6.99. The van der Waals surface area contributed by atoms with Crippen LogP contribution in [0.25, 0.3) is 10.9 Å². The quantitative estimate of drug-likeness (QED) is 0.819. The van der Waals surface area contributed by atoms with Crippen molar-refractivity contribution in [1.82, 2.24) is 9.47 Å². The molecular formula is C16H19ClN2O4. The third-order valence-electron chi connectivity index (χ3n) is 2.89. The summed E-state index contributed by atoms with van der Waals surface area (Å²) in [7, 11) is 4.16. The Balaban J connectivity index is 0.000000284. The molecule has 0 spiro atoms. The van der Waals surface area contributed by atoms with Gasteiger partial charge in [0, 0.05) is 42.0 Å². The maximum Gasteiger partial charge on any atom is 0.328 e. The summed E-state index contributed by atoms with van der Waals surface area (Å²) in [5.74, 6) is -2.51. The molecule has 0 unspecified atom stereocenters. The number of likely N-dealkylation sites (N-methyl/N-ethyl adjacent to an activating group) is 1. The van der Waals surface area contributed by atoms with Crippen LogP contribution in [0.15, 0.2) is 42.6 Å². The number of carboxylic acids is 2. The number of fused-ring (bicyclic) bond motifs is 1.